The predicted octanol–water partition coefficient (Wildman–Crippen LogP) is 3.84. The minimum atomic E-state index is -0.412. The summed E-state index contributed by atoms with van der Waals surface area (Å²) in [5.41, 5.74) is 0.993. The molecule has 3 nitrogen and oxygen atoms in total. The maximum absolute atomic E-state index is 13.1. The van der Waals surface area contributed by atoms with Crippen molar-refractivity contribution < 1.29 is 18.7 Å². The van der Waals surface area contributed by atoms with E-state index in [0.717, 1.165) is 0 Å². The van der Waals surface area contributed by atoms with Crippen molar-refractivity contribution in [3.63, 3.8) is 0 Å². The van der Waals surface area contributed by atoms with Gasteiger partial charge < -0.3 is 9.47 Å². The van der Waals surface area contributed by atoms with E-state index in [1.54, 1.807) is 24.3 Å². The zero-order valence-electron chi connectivity index (χ0n) is 10.7. The third kappa shape index (κ3) is 3.48. The van der Waals surface area contributed by atoms with Gasteiger partial charge in [-0.15, -0.1) is 0 Å². The Labute approximate surface area is 120 Å². The maximum Gasteiger partial charge on any atom is 0.337 e. The molecule has 0 saturated heterocycles. The lowest BCUT2D eigenvalue weighted by atomic mass is 10.2. The van der Waals surface area contributed by atoms with Crippen molar-refractivity contribution in [1.82, 2.24) is 0 Å². The van der Waals surface area contributed by atoms with E-state index in [1.165, 1.54) is 25.3 Å². The summed E-state index contributed by atoms with van der Waals surface area (Å²) in [5, 5.41) is 0.442. The Bertz CT molecular complexity index is 611. The number of ether oxygens (including phenoxy) is 2. The van der Waals surface area contributed by atoms with Crippen LogP contribution in [0.5, 0.6) is 5.75 Å². The summed E-state index contributed by atoms with van der Waals surface area (Å²) >= 11 is 5.94. The number of hydrogen-bond donors (Lipinski definition) is 0. The van der Waals surface area contributed by atoms with Crippen LogP contribution < -0.4 is 4.74 Å². The van der Waals surface area contributed by atoms with E-state index in [9.17, 15) is 9.18 Å². The smallest absolute Gasteiger partial charge is 0.337 e. The minimum absolute atomic E-state index is 0.147. The average molecular weight is 295 g/mol. The second-order valence-corrected chi connectivity index (χ2v) is 4.45. The molecular weight excluding hydrogens is 283 g/mol. The summed E-state index contributed by atoms with van der Waals surface area (Å²) in [4.78, 5) is 11.3. The van der Waals surface area contributed by atoms with Crippen molar-refractivity contribution in [2.75, 3.05) is 7.11 Å². The lowest BCUT2D eigenvalue weighted by Gasteiger charge is -2.08. The van der Waals surface area contributed by atoms with E-state index in [4.69, 9.17) is 16.3 Å². The number of esters is 1. The summed E-state index contributed by atoms with van der Waals surface area (Å²) in [6.07, 6.45) is 0. The molecule has 0 saturated carbocycles. The molecule has 0 heterocycles. The fourth-order valence-electron chi connectivity index (χ4n) is 1.62. The van der Waals surface area contributed by atoms with Crippen LogP contribution in [0.4, 0.5) is 4.39 Å². The Hall–Kier alpha value is -2.07. The first-order chi connectivity index (χ1) is 9.60. The van der Waals surface area contributed by atoms with Gasteiger partial charge in [0.15, 0.2) is 0 Å². The van der Waals surface area contributed by atoms with Crippen molar-refractivity contribution in [2.24, 2.45) is 0 Å². The zero-order valence-corrected chi connectivity index (χ0v) is 11.5. The Balaban J connectivity index is 2.04. The van der Waals surface area contributed by atoms with Crippen LogP contribution in [-0.4, -0.2) is 13.1 Å². The molecular formula is C15H12ClFO3. The van der Waals surface area contributed by atoms with E-state index in [1.807, 2.05) is 0 Å². The van der Waals surface area contributed by atoms with Crippen LogP contribution in [0.15, 0.2) is 42.5 Å². The molecule has 2 aromatic rings. The summed E-state index contributed by atoms with van der Waals surface area (Å²) in [6, 6.07) is 10.6. The molecule has 5 heteroatoms. The summed E-state index contributed by atoms with van der Waals surface area (Å²) < 4.78 is 23.2. The minimum Gasteiger partial charge on any atom is -0.489 e. The van der Waals surface area contributed by atoms with Gasteiger partial charge in [-0.2, -0.15) is 0 Å². The molecule has 104 valence electrons. The van der Waals surface area contributed by atoms with Gasteiger partial charge in [0.1, 0.15) is 18.2 Å². The Morgan fingerprint density at radius 2 is 1.90 bits per heavy atom. The van der Waals surface area contributed by atoms with Gasteiger partial charge in [-0.1, -0.05) is 11.6 Å². The second kappa shape index (κ2) is 6.39. The number of hydrogen-bond acceptors (Lipinski definition) is 3. The number of halogens is 2. The lowest BCUT2D eigenvalue weighted by molar-refractivity contribution is 0.0600. The highest BCUT2D eigenvalue weighted by Gasteiger charge is 2.06. The van der Waals surface area contributed by atoms with Gasteiger partial charge in [0.2, 0.25) is 0 Å². The molecule has 0 aliphatic carbocycles. The van der Waals surface area contributed by atoms with Crippen molar-refractivity contribution in [1.29, 1.82) is 0 Å². The van der Waals surface area contributed by atoms with Gasteiger partial charge in [-0.05, 0) is 42.5 Å². The van der Waals surface area contributed by atoms with Crippen LogP contribution >= 0.6 is 11.6 Å². The first kappa shape index (κ1) is 14.3. The fourth-order valence-corrected chi connectivity index (χ4v) is 1.79. The number of rotatable bonds is 4. The van der Waals surface area contributed by atoms with Gasteiger partial charge in [0.25, 0.3) is 0 Å². The van der Waals surface area contributed by atoms with Crippen LogP contribution in [0.2, 0.25) is 5.02 Å². The molecule has 0 aliphatic rings. The van der Waals surface area contributed by atoms with Gasteiger partial charge in [0, 0.05) is 10.6 Å². The average Bonchev–Trinajstić information content (AvgIpc) is 2.48. The molecule has 0 unspecified atom stereocenters. The molecule has 0 N–H and O–H groups in total. The number of carbonyl (C=O) groups excluding carboxylic acids is 1. The normalized spacial score (nSPS) is 10.2. The molecule has 20 heavy (non-hydrogen) atoms. The summed E-state index contributed by atoms with van der Waals surface area (Å²) in [6.45, 7) is 0.147. The van der Waals surface area contributed by atoms with Gasteiger partial charge in [0.05, 0.1) is 12.7 Å². The van der Waals surface area contributed by atoms with Crippen molar-refractivity contribution in [3.8, 4) is 5.75 Å². The molecule has 0 fully saturated rings. The van der Waals surface area contributed by atoms with Crippen molar-refractivity contribution in [3.05, 3.63) is 64.4 Å². The SMILES string of the molecule is COC(=O)c1ccc(OCc2cc(F)ccc2Cl)cc1. The Morgan fingerprint density at radius 1 is 1.20 bits per heavy atom. The quantitative estimate of drug-likeness (QED) is 0.804. The monoisotopic (exact) mass is 294 g/mol. The van der Waals surface area contributed by atoms with Crippen molar-refractivity contribution in [2.45, 2.75) is 6.61 Å². The van der Waals surface area contributed by atoms with Crippen LogP contribution in [0.25, 0.3) is 0 Å². The Morgan fingerprint density at radius 3 is 2.55 bits per heavy atom. The third-order valence-corrected chi connectivity index (χ3v) is 3.05. The van der Waals surface area contributed by atoms with Gasteiger partial charge in [-0.3, -0.25) is 0 Å². The molecule has 0 aromatic heterocycles. The number of carbonyl (C=O) groups is 1. The van der Waals surface area contributed by atoms with E-state index in [-0.39, 0.29) is 12.4 Å². The highest BCUT2D eigenvalue weighted by molar-refractivity contribution is 6.31. The fraction of sp³-hybridized carbons (Fsp3) is 0.133. The molecule has 0 spiro atoms. The third-order valence-electron chi connectivity index (χ3n) is 2.68. The molecule has 2 aromatic carbocycles. The van der Waals surface area contributed by atoms with Crippen LogP contribution in [0.3, 0.4) is 0 Å². The molecule has 2 rings (SSSR count). The lowest BCUT2D eigenvalue weighted by Crippen LogP contribution is -2.01. The first-order valence-electron chi connectivity index (χ1n) is 5.85. The number of benzene rings is 2. The predicted molar refractivity (Wildman–Crippen MR) is 73.5 cm³/mol. The molecule has 0 atom stereocenters. The highest BCUT2D eigenvalue weighted by Crippen LogP contribution is 2.20. The van der Waals surface area contributed by atoms with E-state index >= 15 is 0 Å². The summed E-state index contributed by atoms with van der Waals surface area (Å²) in [5.74, 6) is -0.225. The van der Waals surface area contributed by atoms with Crippen LogP contribution in [-0.2, 0) is 11.3 Å². The van der Waals surface area contributed by atoms with Gasteiger partial charge >= 0.3 is 5.97 Å². The van der Waals surface area contributed by atoms with Gasteiger partial charge in [-0.25, -0.2) is 9.18 Å². The Kier molecular flexibility index (Phi) is 4.58. The highest BCUT2D eigenvalue weighted by atomic mass is 35.5. The number of methoxy groups -OCH3 is 1. The van der Waals surface area contributed by atoms with Crippen LogP contribution in [0.1, 0.15) is 15.9 Å². The summed E-state index contributed by atoms with van der Waals surface area (Å²) in [7, 11) is 1.32. The van der Waals surface area contributed by atoms with E-state index in [2.05, 4.69) is 4.74 Å². The van der Waals surface area contributed by atoms with E-state index in [0.29, 0.717) is 21.9 Å². The van der Waals surface area contributed by atoms with Crippen LogP contribution in [0, 0.1) is 5.82 Å². The molecule has 0 radical (unpaired) electrons. The molecule has 0 aliphatic heterocycles. The maximum atomic E-state index is 13.1. The largest absolute Gasteiger partial charge is 0.489 e. The van der Waals surface area contributed by atoms with E-state index < -0.39 is 5.97 Å². The standard InChI is InChI=1S/C15H12ClFO3/c1-19-15(18)10-2-5-13(6-3-10)20-9-11-8-12(17)4-7-14(11)16/h2-8H,9H2,1H3. The molecule has 0 bridgehead atoms. The first-order valence-corrected chi connectivity index (χ1v) is 6.23. The van der Waals surface area contributed by atoms with Crippen molar-refractivity contribution >= 4 is 17.6 Å². The molecule has 0 amide bonds. The second-order valence-electron chi connectivity index (χ2n) is 4.04. The topological polar surface area (TPSA) is 35.5 Å². The zero-order chi connectivity index (χ0) is 14.5.